The molecule has 0 aliphatic rings. The third-order valence-corrected chi connectivity index (χ3v) is 5.77. The van der Waals surface area contributed by atoms with Gasteiger partial charge in [-0.2, -0.15) is 0 Å². The first-order valence-electron chi connectivity index (χ1n) is 12.9. The van der Waals surface area contributed by atoms with E-state index in [1.807, 2.05) is 31.2 Å². The van der Waals surface area contributed by atoms with Crippen LogP contribution in [0.25, 0.3) is 0 Å². The van der Waals surface area contributed by atoms with Crippen LogP contribution in [0.2, 0.25) is 0 Å². The highest BCUT2D eigenvalue weighted by Crippen LogP contribution is 2.13. The van der Waals surface area contributed by atoms with Gasteiger partial charge in [0.1, 0.15) is 0 Å². The van der Waals surface area contributed by atoms with Crippen LogP contribution in [0.5, 0.6) is 0 Å². The fourth-order valence-electron chi connectivity index (χ4n) is 3.77. The molecular weight excluding hydrogens is 400 g/mol. The highest BCUT2D eigenvalue weighted by atomic mass is 16.5. The van der Waals surface area contributed by atoms with Crippen LogP contribution in [0.3, 0.4) is 0 Å². The van der Waals surface area contributed by atoms with Crippen molar-refractivity contribution in [3.8, 4) is 0 Å². The molecule has 0 bridgehead atoms. The first-order valence-corrected chi connectivity index (χ1v) is 12.9. The normalized spacial score (nSPS) is 10.7. The summed E-state index contributed by atoms with van der Waals surface area (Å²) in [7, 11) is 0. The van der Waals surface area contributed by atoms with Crippen LogP contribution < -0.4 is 10.6 Å². The highest BCUT2D eigenvalue weighted by molar-refractivity contribution is 5.89. The lowest BCUT2D eigenvalue weighted by Gasteiger charge is -2.08. The topological polar surface area (TPSA) is 67.4 Å². The molecule has 1 aromatic rings. The van der Waals surface area contributed by atoms with E-state index < -0.39 is 0 Å². The predicted octanol–water partition coefficient (Wildman–Crippen LogP) is 7.40. The lowest BCUT2D eigenvalue weighted by Crippen LogP contribution is -2.29. The third-order valence-electron chi connectivity index (χ3n) is 5.77. The summed E-state index contributed by atoms with van der Waals surface area (Å²) >= 11 is 0. The number of anilines is 1. The average Bonchev–Trinajstić information content (AvgIpc) is 2.79. The van der Waals surface area contributed by atoms with Crippen molar-refractivity contribution in [1.29, 1.82) is 0 Å². The van der Waals surface area contributed by atoms with E-state index in [1.165, 1.54) is 69.8 Å². The summed E-state index contributed by atoms with van der Waals surface area (Å²) in [6.45, 7) is 5.20. The van der Waals surface area contributed by atoms with E-state index in [0.717, 1.165) is 37.9 Å². The minimum atomic E-state index is -0.117. The van der Waals surface area contributed by atoms with Crippen LogP contribution >= 0.6 is 0 Å². The van der Waals surface area contributed by atoms with Gasteiger partial charge in [-0.15, -0.1) is 0 Å². The zero-order valence-electron chi connectivity index (χ0n) is 20.6. The van der Waals surface area contributed by atoms with Gasteiger partial charge in [0.15, 0.2) is 0 Å². The fraction of sp³-hybridized carbons (Fsp3) is 0.704. The Balaban J connectivity index is 1.80. The molecule has 5 heteroatoms. The molecule has 32 heavy (non-hydrogen) atoms. The van der Waals surface area contributed by atoms with E-state index in [9.17, 15) is 9.59 Å². The van der Waals surface area contributed by atoms with Crippen LogP contribution in [0, 0.1) is 0 Å². The number of esters is 1. The maximum atomic E-state index is 11.9. The first kappa shape index (κ1) is 28.0. The Morgan fingerprint density at radius 2 is 1.22 bits per heavy atom. The number of hydrogen-bond donors (Lipinski definition) is 2. The molecule has 0 saturated heterocycles. The number of hydrogen-bond acceptors (Lipinski definition) is 3. The van der Waals surface area contributed by atoms with Gasteiger partial charge in [0.2, 0.25) is 0 Å². The number of rotatable bonds is 19. The summed E-state index contributed by atoms with van der Waals surface area (Å²) in [6, 6.07) is 7.88. The average molecular weight is 447 g/mol. The van der Waals surface area contributed by atoms with Crippen molar-refractivity contribution in [2.75, 3.05) is 18.5 Å². The first-order chi connectivity index (χ1) is 15.7. The maximum Gasteiger partial charge on any atom is 0.319 e. The monoisotopic (exact) mass is 446 g/mol. The molecule has 0 aliphatic heterocycles. The van der Waals surface area contributed by atoms with Crippen molar-refractivity contribution in [3.63, 3.8) is 0 Å². The molecule has 0 aliphatic carbocycles. The molecule has 182 valence electrons. The summed E-state index contributed by atoms with van der Waals surface area (Å²) < 4.78 is 4.94. The number of aryl methyl sites for hydroxylation is 1. The van der Waals surface area contributed by atoms with Crippen molar-refractivity contribution in [2.45, 2.75) is 110 Å². The molecule has 0 unspecified atom stereocenters. The zero-order valence-corrected chi connectivity index (χ0v) is 20.6. The van der Waals surface area contributed by atoms with E-state index in [1.54, 1.807) is 0 Å². The second-order valence-electron chi connectivity index (χ2n) is 8.58. The largest absolute Gasteiger partial charge is 0.466 e. The van der Waals surface area contributed by atoms with Gasteiger partial charge in [0.05, 0.1) is 6.61 Å². The molecule has 0 aromatic heterocycles. The van der Waals surface area contributed by atoms with Crippen LogP contribution in [0.15, 0.2) is 24.3 Å². The number of carbonyl (C=O) groups is 2. The summed E-state index contributed by atoms with van der Waals surface area (Å²) in [4.78, 5) is 23.2. The molecule has 0 saturated carbocycles. The molecule has 0 fully saturated rings. The number of ether oxygens (including phenoxy) is 1. The second-order valence-corrected chi connectivity index (χ2v) is 8.58. The van der Waals surface area contributed by atoms with Gasteiger partial charge < -0.3 is 15.4 Å². The number of amides is 2. The molecule has 1 rings (SSSR count). The quantitative estimate of drug-likeness (QED) is 0.172. The van der Waals surface area contributed by atoms with Crippen LogP contribution in [0.4, 0.5) is 10.5 Å². The molecule has 2 amide bonds. The Labute approximate surface area is 196 Å². The summed E-state index contributed by atoms with van der Waals surface area (Å²) in [5, 5.41) is 5.82. The number of benzene rings is 1. The number of carbonyl (C=O) groups excluding carboxylic acids is 2. The van der Waals surface area contributed by atoms with Crippen molar-refractivity contribution < 1.29 is 14.3 Å². The predicted molar refractivity (Wildman–Crippen MR) is 134 cm³/mol. The Morgan fingerprint density at radius 1 is 0.719 bits per heavy atom. The molecule has 0 radical (unpaired) electrons. The van der Waals surface area contributed by atoms with Crippen molar-refractivity contribution in [1.82, 2.24) is 5.32 Å². The van der Waals surface area contributed by atoms with Crippen molar-refractivity contribution in [3.05, 3.63) is 29.8 Å². The second kappa shape index (κ2) is 19.6. The van der Waals surface area contributed by atoms with Gasteiger partial charge in [-0.25, -0.2) is 4.79 Å². The van der Waals surface area contributed by atoms with Gasteiger partial charge >= 0.3 is 12.0 Å². The smallest absolute Gasteiger partial charge is 0.319 e. The molecule has 0 spiro atoms. The van der Waals surface area contributed by atoms with Crippen LogP contribution in [-0.2, 0) is 16.0 Å². The van der Waals surface area contributed by atoms with Crippen LogP contribution in [0.1, 0.15) is 109 Å². The number of urea groups is 1. The summed E-state index contributed by atoms with van der Waals surface area (Å²) in [5.41, 5.74) is 2.11. The lowest BCUT2D eigenvalue weighted by molar-refractivity contribution is -0.143. The van der Waals surface area contributed by atoms with Gasteiger partial charge in [0, 0.05) is 18.7 Å². The summed E-state index contributed by atoms with van der Waals surface area (Å²) in [5.74, 6) is -0.0530. The molecule has 5 nitrogen and oxygen atoms in total. The molecule has 2 N–H and O–H groups in total. The van der Waals surface area contributed by atoms with Gasteiger partial charge in [-0.1, -0.05) is 89.7 Å². The molecule has 0 heterocycles. The van der Waals surface area contributed by atoms with Gasteiger partial charge in [-0.05, 0) is 43.9 Å². The Bertz CT molecular complexity index is 601. The minimum absolute atomic E-state index is 0.0530. The van der Waals surface area contributed by atoms with E-state index >= 15 is 0 Å². The van der Waals surface area contributed by atoms with E-state index in [2.05, 4.69) is 17.6 Å². The standard InChI is InChI=1S/C27H46N2O3/c1-3-24-19-21-25(22-20-24)29-27(31)28-23-17-15-13-11-9-7-5-6-8-10-12-14-16-18-26(30)32-4-2/h19-22H,3-18,23H2,1-2H3,(H2,28,29,31). The lowest BCUT2D eigenvalue weighted by atomic mass is 10.0. The number of nitrogens with one attached hydrogen (secondary N) is 2. The van der Waals surface area contributed by atoms with Crippen molar-refractivity contribution >= 4 is 17.7 Å². The summed E-state index contributed by atoms with van der Waals surface area (Å²) in [6.07, 6.45) is 17.6. The Kier molecular flexibility index (Phi) is 17.2. The molecule has 1 aromatic carbocycles. The fourth-order valence-corrected chi connectivity index (χ4v) is 3.77. The van der Waals surface area contributed by atoms with E-state index in [4.69, 9.17) is 4.74 Å². The molecule has 0 atom stereocenters. The van der Waals surface area contributed by atoms with Crippen molar-refractivity contribution in [2.24, 2.45) is 0 Å². The highest BCUT2D eigenvalue weighted by Gasteiger charge is 2.02. The molecular formula is C27H46N2O3. The zero-order chi connectivity index (χ0) is 23.3. The van der Waals surface area contributed by atoms with Crippen LogP contribution in [-0.4, -0.2) is 25.2 Å². The number of unbranched alkanes of at least 4 members (excludes halogenated alkanes) is 12. The maximum absolute atomic E-state index is 11.9. The third kappa shape index (κ3) is 15.7. The van der Waals surface area contributed by atoms with Gasteiger partial charge in [0.25, 0.3) is 0 Å². The van der Waals surface area contributed by atoms with Gasteiger partial charge in [-0.3, -0.25) is 4.79 Å². The van der Waals surface area contributed by atoms with E-state index in [0.29, 0.717) is 13.0 Å². The Morgan fingerprint density at radius 3 is 1.72 bits per heavy atom. The minimum Gasteiger partial charge on any atom is -0.466 e. The van der Waals surface area contributed by atoms with E-state index in [-0.39, 0.29) is 12.0 Å². The SMILES string of the molecule is CCOC(=O)CCCCCCCCCCCCCCCNC(=O)Nc1ccc(CC)cc1. The Hall–Kier alpha value is -2.04.